The minimum absolute atomic E-state index is 0.0477. The number of carbonyl (C=O) groups is 1. The minimum atomic E-state index is -3.74. The van der Waals surface area contributed by atoms with Crippen molar-refractivity contribution >= 4 is 27.4 Å². The SMILES string of the molecule is COc1c(C(=O)O)cc(Cl)cc1S(=O)(=O)C1C=CCCC1. The van der Waals surface area contributed by atoms with Crippen LogP contribution in [0.5, 0.6) is 5.75 Å². The fraction of sp³-hybridized carbons (Fsp3) is 0.357. The Balaban J connectivity index is 2.64. The van der Waals surface area contributed by atoms with Gasteiger partial charge < -0.3 is 9.84 Å². The predicted octanol–water partition coefficient (Wildman–Crippen LogP) is 2.93. The molecule has 7 heteroatoms. The molecule has 1 aliphatic rings. The van der Waals surface area contributed by atoms with Crippen molar-refractivity contribution in [3.8, 4) is 5.75 Å². The van der Waals surface area contributed by atoms with E-state index < -0.39 is 21.1 Å². The van der Waals surface area contributed by atoms with Crippen molar-refractivity contribution in [2.75, 3.05) is 7.11 Å². The number of allylic oxidation sites excluding steroid dienone is 1. The molecular formula is C14H15ClO5S. The third-order valence-electron chi connectivity index (χ3n) is 3.37. The molecule has 0 aromatic heterocycles. The smallest absolute Gasteiger partial charge is 0.339 e. The summed E-state index contributed by atoms with van der Waals surface area (Å²) in [5.41, 5.74) is -0.261. The highest BCUT2D eigenvalue weighted by Gasteiger charge is 2.32. The molecule has 0 fully saturated rings. The van der Waals surface area contributed by atoms with Gasteiger partial charge in [0.2, 0.25) is 0 Å². The van der Waals surface area contributed by atoms with Crippen molar-refractivity contribution in [3.63, 3.8) is 0 Å². The van der Waals surface area contributed by atoms with Crippen LogP contribution < -0.4 is 4.74 Å². The van der Waals surface area contributed by atoms with E-state index in [4.69, 9.17) is 16.3 Å². The first kappa shape index (κ1) is 15.9. The molecule has 0 radical (unpaired) electrons. The summed E-state index contributed by atoms with van der Waals surface area (Å²) < 4.78 is 30.4. The maximum atomic E-state index is 12.7. The number of carboxylic acid groups (broad SMARTS) is 1. The lowest BCUT2D eigenvalue weighted by atomic mass is 10.1. The van der Waals surface area contributed by atoms with Gasteiger partial charge in [-0.05, 0) is 31.4 Å². The monoisotopic (exact) mass is 330 g/mol. The summed E-state index contributed by atoms with van der Waals surface area (Å²) in [6, 6.07) is 2.42. The predicted molar refractivity (Wildman–Crippen MR) is 78.9 cm³/mol. The molecule has 2 rings (SSSR count). The second kappa shape index (κ2) is 6.07. The Morgan fingerprint density at radius 3 is 2.67 bits per heavy atom. The van der Waals surface area contributed by atoms with Crippen LogP contribution in [0, 0.1) is 0 Å². The summed E-state index contributed by atoms with van der Waals surface area (Å²) in [4.78, 5) is 11.1. The van der Waals surface area contributed by atoms with Gasteiger partial charge >= 0.3 is 5.97 Å². The second-order valence-corrected chi connectivity index (χ2v) is 7.30. The maximum Gasteiger partial charge on any atom is 0.339 e. The third-order valence-corrected chi connectivity index (χ3v) is 5.69. The van der Waals surface area contributed by atoms with Gasteiger partial charge in [0, 0.05) is 5.02 Å². The molecule has 0 bridgehead atoms. The summed E-state index contributed by atoms with van der Waals surface area (Å²) in [5.74, 6) is -1.46. The number of ether oxygens (including phenoxy) is 1. The number of hydrogen-bond donors (Lipinski definition) is 1. The van der Waals surface area contributed by atoms with E-state index in [1.807, 2.05) is 6.08 Å². The average molecular weight is 331 g/mol. The van der Waals surface area contributed by atoms with E-state index in [9.17, 15) is 18.3 Å². The van der Waals surface area contributed by atoms with Crippen LogP contribution in [-0.2, 0) is 9.84 Å². The van der Waals surface area contributed by atoms with Gasteiger partial charge in [0.15, 0.2) is 15.6 Å². The molecule has 0 aliphatic heterocycles. The van der Waals surface area contributed by atoms with Crippen LogP contribution >= 0.6 is 11.6 Å². The van der Waals surface area contributed by atoms with Crippen molar-refractivity contribution < 1.29 is 23.1 Å². The number of methoxy groups -OCH3 is 1. The molecule has 1 aromatic carbocycles. The molecule has 1 aromatic rings. The Morgan fingerprint density at radius 1 is 1.43 bits per heavy atom. The van der Waals surface area contributed by atoms with Crippen molar-refractivity contribution in [1.29, 1.82) is 0 Å². The van der Waals surface area contributed by atoms with E-state index >= 15 is 0 Å². The second-order valence-electron chi connectivity index (χ2n) is 4.73. The first-order valence-corrected chi connectivity index (χ1v) is 8.31. The summed E-state index contributed by atoms with van der Waals surface area (Å²) in [5, 5.41) is 8.54. The first-order chi connectivity index (χ1) is 9.87. The lowest BCUT2D eigenvalue weighted by molar-refractivity contribution is 0.0693. The molecule has 0 saturated carbocycles. The molecular weight excluding hydrogens is 316 g/mol. The molecule has 0 amide bonds. The molecule has 5 nitrogen and oxygen atoms in total. The van der Waals surface area contributed by atoms with Gasteiger partial charge in [0.1, 0.15) is 10.5 Å². The van der Waals surface area contributed by atoms with Crippen LogP contribution in [0.15, 0.2) is 29.2 Å². The normalized spacial score (nSPS) is 18.5. The summed E-state index contributed by atoms with van der Waals surface area (Å²) in [6.45, 7) is 0. The number of hydrogen-bond acceptors (Lipinski definition) is 4. The van der Waals surface area contributed by atoms with E-state index in [1.54, 1.807) is 6.08 Å². The zero-order valence-corrected chi connectivity index (χ0v) is 12.9. The third kappa shape index (κ3) is 3.06. The molecule has 0 heterocycles. The summed E-state index contributed by atoms with van der Waals surface area (Å²) >= 11 is 5.87. The quantitative estimate of drug-likeness (QED) is 0.858. The van der Waals surface area contributed by atoms with E-state index in [1.165, 1.54) is 19.2 Å². The van der Waals surface area contributed by atoms with Crippen molar-refractivity contribution in [1.82, 2.24) is 0 Å². The zero-order valence-electron chi connectivity index (χ0n) is 11.4. The molecule has 0 spiro atoms. The van der Waals surface area contributed by atoms with Gasteiger partial charge in [-0.3, -0.25) is 0 Å². The van der Waals surface area contributed by atoms with Crippen molar-refractivity contribution in [2.45, 2.75) is 29.4 Å². The highest BCUT2D eigenvalue weighted by Crippen LogP contribution is 2.35. The van der Waals surface area contributed by atoms with E-state index in [0.717, 1.165) is 12.8 Å². The van der Waals surface area contributed by atoms with Crippen LogP contribution in [0.3, 0.4) is 0 Å². The largest absolute Gasteiger partial charge is 0.494 e. The van der Waals surface area contributed by atoms with Crippen LogP contribution in [-0.4, -0.2) is 31.9 Å². The van der Waals surface area contributed by atoms with Crippen LogP contribution in [0.4, 0.5) is 0 Å². The van der Waals surface area contributed by atoms with Gasteiger partial charge in [0.05, 0.1) is 12.4 Å². The van der Waals surface area contributed by atoms with Crippen molar-refractivity contribution in [2.24, 2.45) is 0 Å². The number of rotatable bonds is 4. The van der Waals surface area contributed by atoms with Crippen LogP contribution in [0.1, 0.15) is 29.6 Å². The highest BCUT2D eigenvalue weighted by molar-refractivity contribution is 7.92. The molecule has 1 atom stereocenters. The topological polar surface area (TPSA) is 80.7 Å². The number of halogens is 1. The Labute approximate surface area is 128 Å². The summed E-state index contributed by atoms with van der Waals surface area (Å²) in [6.07, 6.45) is 5.57. The Kier molecular flexibility index (Phi) is 4.58. The minimum Gasteiger partial charge on any atom is -0.494 e. The van der Waals surface area contributed by atoms with E-state index in [0.29, 0.717) is 6.42 Å². The number of aromatic carboxylic acids is 1. The molecule has 114 valence electrons. The number of carboxylic acids is 1. The molecule has 0 saturated heterocycles. The van der Waals surface area contributed by atoms with Gasteiger partial charge in [-0.1, -0.05) is 23.8 Å². The Bertz CT molecular complexity index is 694. The average Bonchev–Trinajstić information content (AvgIpc) is 2.47. The maximum absolute atomic E-state index is 12.7. The fourth-order valence-corrected chi connectivity index (χ4v) is 4.50. The van der Waals surface area contributed by atoms with Gasteiger partial charge in [0.25, 0.3) is 0 Å². The molecule has 1 N–H and O–H groups in total. The summed E-state index contributed by atoms with van der Waals surface area (Å²) in [7, 11) is -2.50. The number of benzene rings is 1. The Hall–Kier alpha value is -1.53. The molecule has 1 aliphatic carbocycles. The fourth-order valence-electron chi connectivity index (χ4n) is 2.35. The van der Waals surface area contributed by atoms with Gasteiger partial charge in [-0.15, -0.1) is 0 Å². The first-order valence-electron chi connectivity index (χ1n) is 6.39. The highest BCUT2D eigenvalue weighted by atomic mass is 35.5. The van der Waals surface area contributed by atoms with Crippen LogP contribution in [0.2, 0.25) is 5.02 Å². The number of sulfone groups is 1. The molecule has 1 unspecified atom stereocenters. The lowest BCUT2D eigenvalue weighted by Gasteiger charge is -2.19. The zero-order chi connectivity index (χ0) is 15.6. The van der Waals surface area contributed by atoms with Gasteiger partial charge in [-0.2, -0.15) is 0 Å². The van der Waals surface area contributed by atoms with Crippen molar-refractivity contribution in [3.05, 3.63) is 34.9 Å². The van der Waals surface area contributed by atoms with Crippen LogP contribution in [0.25, 0.3) is 0 Å². The standard InChI is InChI=1S/C14H15ClO5S/c1-20-13-11(14(16)17)7-9(15)8-12(13)21(18,19)10-5-3-2-4-6-10/h3,5,7-8,10H,2,4,6H2,1H3,(H,16,17). The molecule has 21 heavy (non-hydrogen) atoms. The van der Waals surface area contributed by atoms with E-state index in [-0.39, 0.29) is 21.2 Å². The lowest BCUT2D eigenvalue weighted by Crippen LogP contribution is -2.22. The van der Waals surface area contributed by atoms with Gasteiger partial charge in [-0.25, -0.2) is 13.2 Å². The van der Waals surface area contributed by atoms with E-state index in [2.05, 4.69) is 0 Å². The Morgan fingerprint density at radius 2 is 2.14 bits per heavy atom.